The van der Waals surface area contributed by atoms with Crippen LogP contribution in [-0.4, -0.2) is 17.6 Å². The van der Waals surface area contributed by atoms with Gasteiger partial charge in [-0.3, -0.25) is 9.59 Å². The molecule has 2 amide bonds. The summed E-state index contributed by atoms with van der Waals surface area (Å²) in [5.74, 6) is 0.679. The summed E-state index contributed by atoms with van der Waals surface area (Å²) >= 11 is 1.87. The molecule has 3 aromatic carbocycles. The number of anilines is 1. The molecule has 0 spiro atoms. The molecule has 0 fully saturated rings. The minimum Gasteiger partial charge on any atom is -0.274 e. The second kappa shape index (κ2) is 11.9. The van der Waals surface area contributed by atoms with E-state index in [-0.39, 0.29) is 29.1 Å². The van der Waals surface area contributed by atoms with Gasteiger partial charge in [0.2, 0.25) is 5.91 Å². The predicted octanol–water partition coefficient (Wildman–Crippen LogP) is 9.62. The molecule has 0 aromatic heterocycles. The van der Waals surface area contributed by atoms with Crippen molar-refractivity contribution in [3.8, 4) is 0 Å². The third kappa shape index (κ3) is 6.43. The molecule has 0 saturated carbocycles. The zero-order valence-electron chi connectivity index (χ0n) is 24.9. The van der Waals surface area contributed by atoms with E-state index in [4.69, 9.17) is 0 Å². The molecule has 0 unspecified atom stereocenters. The molecule has 0 bridgehead atoms. The Bertz CT molecular complexity index is 1360. The van der Waals surface area contributed by atoms with Crippen LogP contribution in [0.3, 0.4) is 0 Å². The average molecular weight is 544 g/mol. The standard InChI is InChI=1S/C35H45NO2S/c1-8-9-10-11-12-13-21-39-30-20-18-27-32-24(15-14-16-26(30)32)22-31(37)36(33(27)38)29-23-25(34(2,3)4)17-19-28(29)35(5,6)7/h14-20,23H,8-13,21-22H2,1-7H3. The summed E-state index contributed by atoms with van der Waals surface area (Å²) in [5, 5.41) is 2.03. The van der Waals surface area contributed by atoms with Crippen LogP contribution in [0.15, 0.2) is 53.4 Å². The lowest BCUT2D eigenvalue weighted by atomic mass is 9.80. The summed E-state index contributed by atoms with van der Waals surface area (Å²) in [4.78, 5) is 30.8. The quantitative estimate of drug-likeness (QED) is 0.153. The molecular weight excluding hydrogens is 498 g/mol. The largest absolute Gasteiger partial charge is 0.274 e. The Balaban J connectivity index is 1.73. The molecule has 3 aromatic rings. The number of unbranched alkanes of at least 4 members (excludes halogenated alkanes) is 5. The first-order valence-electron chi connectivity index (χ1n) is 14.6. The van der Waals surface area contributed by atoms with E-state index in [9.17, 15) is 9.59 Å². The van der Waals surface area contributed by atoms with Gasteiger partial charge in [-0.05, 0) is 68.7 Å². The van der Waals surface area contributed by atoms with Crippen LogP contribution >= 0.6 is 11.8 Å². The third-order valence-electron chi connectivity index (χ3n) is 7.78. The van der Waals surface area contributed by atoms with Crippen LogP contribution in [0.25, 0.3) is 10.8 Å². The molecule has 0 N–H and O–H groups in total. The molecule has 1 aliphatic rings. The van der Waals surface area contributed by atoms with E-state index in [2.05, 4.69) is 78.8 Å². The van der Waals surface area contributed by atoms with Crippen molar-refractivity contribution in [2.24, 2.45) is 0 Å². The molecule has 4 rings (SSSR count). The SMILES string of the molecule is CCCCCCCCSc1ccc2c3c(cccc13)CC(=O)N(c1cc(C(C)(C)C)ccc1C(C)(C)C)C2=O. The fraction of sp³-hybridized carbons (Fsp3) is 0.486. The number of benzene rings is 3. The molecule has 0 aliphatic carbocycles. The van der Waals surface area contributed by atoms with Crippen LogP contribution in [0, 0.1) is 0 Å². The highest BCUT2D eigenvalue weighted by Gasteiger charge is 2.35. The van der Waals surface area contributed by atoms with Crippen LogP contribution in [-0.2, 0) is 22.0 Å². The third-order valence-corrected chi connectivity index (χ3v) is 8.94. The molecule has 208 valence electrons. The second-order valence-electron chi connectivity index (χ2n) is 13.0. The van der Waals surface area contributed by atoms with E-state index in [1.54, 1.807) is 0 Å². The molecule has 3 nitrogen and oxygen atoms in total. The zero-order valence-corrected chi connectivity index (χ0v) is 25.8. The number of carbonyl (C=O) groups is 2. The molecule has 39 heavy (non-hydrogen) atoms. The Kier molecular flexibility index (Phi) is 8.95. The summed E-state index contributed by atoms with van der Waals surface area (Å²) < 4.78 is 0. The first-order chi connectivity index (χ1) is 18.4. The van der Waals surface area contributed by atoms with Crippen molar-refractivity contribution in [2.75, 3.05) is 10.7 Å². The van der Waals surface area contributed by atoms with Gasteiger partial charge in [-0.2, -0.15) is 0 Å². The molecule has 4 heteroatoms. The molecule has 0 atom stereocenters. The minimum absolute atomic E-state index is 0.103. The van der Waals surface area contributed by atoms with E-state index in [1.165, 1.54) is 48.3 Å². The lowest BCUT2D eigenvalue weighted by molar-refractivity contribution is -0.117. The van der Waals surface area contributed by atoms with Crippen molar-refractivity contribution < 1.29 is 9.59 Å². The van der Waals surface area contributed by atoms with Gasteiger partial charge in [-0.25, -0.2) is 4.90 Å². The van der Waals surface area contributed by atoms with Crippen molar-refractivity contribution in [3.63, 3.8) is 0 Å². The van der Waals surface area contributed by atoms with Gasteiger partial charge < -0.3 is 0 Å². The Morgan fingerprint density at radius 1 is 0.821 bits per heavy atom. The summed E-state index contributed by atoms with van der Waals surface area (Å²) in [6.07, 6.45) is 7.90. The van der Waals surface area contributed by atoms with Crippen molar-refractivity contribution >= 4 is 40.0 Å². The summed E-state index contributed by atoms with van der Waals surface area (Å²) in [5.41, 5.74) is 4.06. The lowest BCUT2D eigenvalue weighted by Gasteiger charge is -2.31. The van der Waals surface area contributed by atoms with Crippen LogP contribution in [0.5, 0.6) is 0 Å². The Morgan fingerprint density at radius 3 is 2.23 bits per heavy atom. The number of thioether (sulfide) groups is 1. The number of rotatable bonds is 9. The van der Waals surface area contributed by atoms with Crippen LogP contribution in [0.1, 0.15) is 114 Å². The summed E-state index contributed by atoms with van der Waals surface area (Å²) in [6, 6.07) is 16.5. The monoisotopic (exact) mass is 543 g/mol. The number of nitrogens with zero attached hydrogens (tertiary/aromatic N) is 1. The topological polar surface area (TPSA) is 37.4 Å². The lowest BCUT2D eigenvalue weighted by Crippen LogP contribution is -2.38. The van der Waals surface area contributed by atoms with E-state index in [0.717, 1.165) is 33.2 Å². The van der Waals surface area contributed by atoms with Gasteiger partial charge in [0, 0.05) is 10.5 Å². The summed E-state index contributed by atoms with van der Waals surface area (Å²) in [6.45, 7) is 15.1. The first kappa shape index (κ1) is 29.4. The zero-order chi connectivity index (χ0) is 28.4. The molecule has 1 heterocycles. The van der Waals surface area contributed by atoms with Crippen molar-refractivity contribution in [1.82, 2.24) is 0 Å². The maximum absolute atomic E-state index is 14.3. The van der Waals surface area contributed by atoms with Gasteiger partial charge in [0.25, 0.3) is 5.91 Å². The first-order valence-corrected chi connectivity index (χ1v) is 15.6. The van der Waals surface area contributed by atoms with Crippen LogP contribution in [0.4, 0.5) is 5.69 Å². The van der Waals surface area contributed by atoms with Gasteiger partial charge in [0.15, 0.2) is 0 Å². The highest BCUT2D eigenvalue weighted by atomic mass is 32.2. The summed E-state index contributed by atoms with van der Waals surface area (Å²) in [7, 11) is 0. The Hall–Kier alpha value is -2.59. The second-order valence-corrected chi connectivity index (χ2v) is 14.1. The highest BCUT2D eigenvalue weighted by molar-refractivity contribution is 7.99. The van der Waals surface area contributed by atoms with Gasteiger partial charge in [-0.15, -0.1) is 11.8 Å². The number of amides is 2. The predicted molar refractivity (Wildman–Crippen MR) is 167 cm³/mol. The van der Waals surface area contributed by atoms with Crippen molar-refractivity contribution in [2.45, 2.75) is 109 Å². The Morgan fingerprint density at radius 2 is 1.54 bits per heavy atom. The molecule has 0 saturated heterocycles. The van der Waals surface area contributed by atoms with E-state index < -0.39 is 0 Å². The highest BCUT2D eigenvalue weighted by Crippen LogP contribution is 2.40. The van der Waals surface area contributed by atoms with E-state index in [1.807, 2.05) is 30.0 Å². The van der Waals surface area contributed by atoms with Gasteiger partial charge in [-0.1, -0.05) is 111 Å². The molecule has 0 radical (unpaired) electrons. The molecule has 1 aliphatic heterocycles. The number of hydrogen-bond donors (Lipinski definition) is 0. The average Bonchev–Trinajstić information content (AvgIpc) is 2.97. The van der Waals surface area contributed by atoms with Crippen molar-refractivity contribution in [1.29, 1.82) is 0 Å². The Labute approximate surface area is 239 Å². The molecular formula is C35H45NO2S. The fourth-order valence-electron chi connectivity index (χ4n) is 5.51. The van der Waals surface area contributed by atoms with Gasteiger partial charge in [0.1, 0.15) is 0 Å². The van der Waals surface area contributed by atoms with Gasteiger partial charge in [0.05, 0.1) is 12.1 Å². The normalized spacial score (nSPS) is 14.3. The van der Waals surface area contributed by atoms with Gasteiger partial charge >= 0.3 is 0 Å². The van der Waals surface area contributed by atoms with Crippen LogP contribution < -0.4 is 4.90 Å². The fourth-order valence-corrected chi connectivity index (χ4v) is 6.57. The minimum atomic E-state index is -0.224. The van der Waals surface area contributed by atoms with Crippen molar-refractivity contribution in [3.05, 3.63) is 70.8 Å². The van der Waals surface area contributed by atoms with Crippen LogP contribution in [0.2, 0.25) is 0 Å². The number of imide groups is 1. The maximum atomic E-state index is 14.3. The number of carbonyl (C=O) groups excluding carboxylic acids is 2. The maximum Gasteiger partial charge on any atom is 0.265 e. The van der Waals surface area contributed by atoms with E-state index in [0.29, 0.717) is 11.3 Å². The smallest absolute Gasteiger partial charge is 0.265 e. The number of hydrogen-bond acceptors (Lipinski definition) is 3. The van der Waals surface area contributed by atoms with E-state index >= 15 is 0 Å².